The zero-order valence-electron chi connectivity index (χ0n) is 8.33. The highest BCUT2D eigenvalue weighted by molar-refractivity contribution is 9.10. The Bertz CT molecular complexity index is 320. The van der Waals surface area contributed by atoms with Crippen LogP contribution < -0.4 is 0 Å². The standard InChI is InChI=1S/C12H15BrO/c1-3-4-5-12(14)11-7-6-10(13)8-9(11)2/h3,6-8,12,14H,1,4-5H2,2H3. The lowest BCUT2D eigenvalue weighted by molar-refractivity contribution is 0.168. The average Bonchev–Trinajstić information content (AvgIpc) is 2.14. The average molecular weight is 255 g/mol. The van der Waals surface area contributed by atoms with Crippen LogP contribution in [0.2, 0.25) is 0 Å². The maximum Gasteiger partial charge on any atom is 0.0795 e. The van der Waals surface area contributed by atoms with Crippen LogP contribution in [0.3, 0.4) is 0 Å². The maximum absolute atomic E-state index is 9.86. The van der Waals surface area contributed by atoms with Gasteiger partial charge in [0.1, 0.15) is 0 Å². The summed E-state index contributed by atoms with van der Waals surface area (Å²) in [6, 6.07) is 5.94. The van der Waals surface area contributed by atoms with Crippen molar-refractivity contribution in [2.24, 2.45) is 0 Å². The lowest BCUT2D eigenvalue weighted by atomic mass is 10.0. The molecule has 1 aromatic carbocycles. The van der Waals surface area contributed by atoms with Crippen molar-refractivity contribution in [2.75, 3.05) is 0 Å². The molecule has 0 aliphatic rings. The van der Waals surface area contributed by atoms with Gasteiger partial charge in [-0.15, -0.1) is 6.58 Å². The number of hydrogen-bond acceptors (Lipinski definition) is 1. The van der Waals surface area contributed by atoms with E-state index in [2.05, 4.69) is 22.5 Å². The molecule has 1 N–H and O–H groups in total. The van der Waals surface area contributed by atoms with Crippen molar-refractivity contribution in [2.45, 2.75) is 25.9 Å². The van der Waals surface area contributed by atoms with Crippen LogP contribution in [0, 0.1) is 6.92 Å². The molecule has 1 unspecified atom stereocenters. The van der Waals surface area contributed by atoms with Crippen molar-refractivity contribution in [1.82, 2.24) is 0 Å². The van der Waals surface area contributed by atoms with E-state index in [-0.39, 0.29) is 6.10 Å². The Morgan fingerprint density at radius 2 is 2.29 bits per heavy atom. The normalized spacial score (nSPS) is 12.5. The molecular weight excluding hydrogens is 240 g/mol. The van der Waals surface area contributed by atoms with Gasteiger partial charge in [0.25, 0.3) is 0 Å². The predicted octanol–water partition coefficient (Wildman–Crippen LogP) is 3.76. The first-order valence-electron chi connectivity index (χ1n) is 4.70. The van der Waals surface area contributed by atoms with Crippen LogP contribution >= 0.6 is 15.9 Å². The fourth-order valence-corrected chi connectivity index (χ4v) is 1.92. The second-order valence-electron chi connectivity index (χ2n) is 3.38. The van der Waals surface area contributed by atoms with Crippen molar-refractivity contribution in [3.63, 3.8) is 0 Å². The Morgan fingerprint density at radius 1 is 1.57 bits per heavy atom. The highest BCUT2D eigenvalue weighted by atomic mass is 79.9. The molecule has 0 amide bonds. The summed E-state index contributed by atoms with van der Waals surface area (Å²) in [7, 11) is 0. The van der Waals surface area contributed by atoms with E-state index in [1.54, 1.807) is 0 Å². The second-order valence-corrected chi connectivity index (χ2v) is 4.30. The molecule has 1 rings (SSSR count). The van der Waals surface area contributed by atoms with Gasteiger partial charge in [0.15, 0.2) is 0 Å². The lowest BCUT2D eigenvalue weighted by Gasteiger charge is -2.12. The van der Waals surface area contributed by atoms with E-state index in [0.29, 0.717) is 0 Å². The van der Waals surface area contributed by atoms with E-state index in [4.69, 9.17) is 0 Å². The van der Waals surface area contributed by atoms with Gasteiger partial charge in [-0.3, -0.25) is 0 Å². The van der Waals surface area contributed by atoms with E-state index < -0.39 is 0 Å². The molecule has 0 radical (unpaired) electrons. The molecular formula is C12H15BrO. The maximum atomic E-state index is 9.86. The van der Waals surface area contributed by atoms with E-state index in [1.807, 2.05) is 31.2 Å². The predicted molar refractivity (Wildman–Crippen MR) is 63.3 cm³/mol. The molecule has 76 valence electrons. The van der Waals surface area contributed by atoms with Gasteiger partial charge in [0.05, 0.1) is 6.10 Å². The second kappa shape index (κ2) is 5.32. The molecule has 0 aliphatic heterocycles. The van der Waals surface area contributed by atoms with Crippen molar-refractivity contribution < 1.29 is 5.11 Å². The van der Waals surface area contributed by atoms with Crippen molar-refractivity contribution in [1.29, 1.82) is 0 Å². The summed E-state index contributed by atoms with van der Waals surface area (Å²) in [5, 5.41) is 9.86. The molecule has 0 fully saturated rings. The van der Waals surface area contributed by atoms with Gasteiger partial charge in [0.2, 0.25) is 0 Å². The molecule has 1 nitrogen and oxygen atoms in total. The smallest absolute Gasteiger partial charge is 0.0795 e. The number of aryl methyl sites for hydroxylation is 1. The zero-order chi connectivity index (χ0) is 10.6. The summed E-state index contributed by atoms with van der Waals surface area (Å²) in [5.41, 5.74) is 2.13. The highest BCUT2D eigenvalue weighted by Gasteiger charge is 2.09. The summed E-state index contributed by atoms with van der Waals surface area (Å²) in [6.45, 7) is 5.66. The fourth-order valence-electron chi connectivity index (χ4n) is 1.44. The summed E-state index contributed by atoms with van der Waals surface area (Å²) in [6.07, 6.45) is 3.04. The third kappa shape index (κ3) is 2.96. The molecule has 0 bridgehead atoms. The van der Waals surface area contributed by atoms with Crippen LogP contribution in [0.1, 0.15) is 30.1 Å². The monoisotopic (exact) mass is 254 g/mol. The van der Waals surface area contributed by atoms with Gasteiger partial charge in [-0.1, -0.05) is 28.1 Å². The van der Waals surface area contributed by atoms with Crippen molar-refractivity contribution in [3.05, 3.63) is 46.5 Å². The van der Waals surface area contributed by atoms with Gasteiger partial charge in [-0.05, 0) is 43.0 Å². The quantitative estimate of drug-likeness (QED) is 0.812. The van der Waals surface area contributed by atoms with Gasteiger partial charge >= 0.3 is 0 Å². The summed E-state index contributed by atoms with van der Waals surface area (Å²) >= 11 is 3.40. The molecule has 0 saturated carbocycles. The van der Waals surface area contributed by atoms with Gasteiger partial charge in [-0.25, -0.2) is 0 Å². The van der Waals surface area contributed by atoms with Crippen LogP contribution in [0.25, 0.3) is 0 Å². The minimum Gasteiger partial charge on any atom is -0.388 e. The minimum absolute atomic E-state index is 0.374. The van der Waals surface area contributed by atoms with E-state index in [0.717, 1.165) is 28.4 Å². The Morgan fingerprint density at radius 3 is 2.86 bits per heavy atom. The van der Waals surface area contributed by atoms with E-state index in [1.165, 1.54) is 0 Å². The van der Waals surface area contributed by atoms with Crippen LogP contribution in [-0.2, 0) is 0 Å². The van der Waals surface area contributed by atoms with Crippen molar-refractivity contribution in [3.8, 4) is 0 Å². The largest absolute Gasteiger partial charge is 0.388 e. The number of hydrogen-bond donors (Lipinski definition) is 1. The number of aliphatic hydroxyl groups excluding tert-OH is 1. The van der Waals surface area contributed by atoms with Gasteiger partial charge in [-0.2, -0.15) is 0 Å². The van der Waals surface area contributed by atoms with E-state index >= 15 is 0 Å². The molecule has 0 saturated heterocycles. The van der Waals surface area contributed by atoms with Crippen LogP contribution in [0.5, 0.6) is 0 Å². The Balaban J connectivity index is 2.78. The molecule has 0 aliphatic carbocycles. The summed E-state index contributed by atoms with van der Waals surface area (Å²) < 4.78 is 1.05. The van der Waals surface area contributed by atoms with E-state index in [9.17, 15) is 5.11 Å². The number of benzene rings is 1. The summed E-state index contributed by atoms with van der Waals surface area (Å²) in [4.78, 5) is 0. The fraction of sp³-hybridized carbons (Fsp3) is 0.333. The Labute approximate surface area is 93.6 Å². The van der Waals surface area contributed by atoms with Crippen LogP contribution in [-0.4, -0.2) is 5.11 Å². The molecule has 0 spiro atoms. The Kier molecular flexibility index (Phi) is 4.36. The first-order chi connectivity index (χ1) is 6.65. The number of allylic oxidation sites excluding steroid dienone is 1. The van der Waals surface area contributed by atoms with Crippen molar-refractivity contribution >= 4 is 15.9 Å². The zero-order valence-corrected chi connectivity index (χ0v) is 9.92. The topological polar surface area (TPSA) is 20.2 Å². The molecule has 0 aromatic heterocycles. The third-order valence-corrected chi connectivity index (χ3v) is 2.73. The molecule has 2 heteroatoms. The molecule has 1 aromatic rings. The molecule has 14 heavy (non-hydrogen) atoms. The van der Waals surface area contributed by atoms with Crippen LogP contribution in [0.15, 0.2) is 35.3 Å². The lowest BCUT2D eigenvalue weighted by Crippen LogP contribution is -1.99. The molecule has 0 heterocycles. The Hall–Kier alpha value is -0.600. The number of halogens is 1. The van der Waals surface area contributed by atoms with Gasteiger partial charge in [0, 0.05) is 4.47 Å². The third-order valence-electron chi connectivity index (χ3n) is 2.24. The summed E-state index contributed by atoms with van der Waals surface area (Å²) in [5.74, 6) is 0. The molecule has 1 atom stereocenters. The van der Waals surface area contributed by atoms with Crippen LogP contribution in [0.4, 0.5) is 0 Å². The first kappa shape index (κ1) is 11.5. The minimum atomic E-state index is -0.374. The SMILES string of the molecule is C=CCCC(O)c1ccc(Br)cc1C. The number of aliphatic hydroxyl groups is 1. The first-order valence-corrected chi connectivity index (χ1v) is 5.49. The van der Waals surface area contributed by atoms with Gasteiger partial charge < -0.3 is 5.11 Å². The highest BCUT2D eigenvalue weighted by Crippen LogP contribution is 2.24. The number of rotatable bonds is 4.